The summed E-state index contributed by atoms with van der Waals surface area (Å²) in [5, 5.41) is 6.32. The van der Waals surface area contributed by atoms with Crippen LogP contribution in [0.15, 0.2) is 0 Å². The number of nitrogens with one attached hydrogen (secondary N) is 2. The molecule has 158 valence electrons. The van der Waals surface area contributed by atoms with Gasteiger partial charge in [-0.25, -0.2) is 4.79 Å². The molecule has 1 spiro atoms. The second-order valence-corrected chi connectivity index (χ2v) is 9.89. The number of carbonyl (C=O) groups is 3. The first kappa shape index (κ1) is 21.1. The minimum absolute atomic E-state index is 0.00493. The summed E-state index contributed by atoms with van der Waals surface area (Å²) in [5.41, 5.74) is -0.841. The third kappa shape index (κ3) is 4.34. The minimum atomic E-state index is -0.836. The Bertz CT molecular complexity index is 627. The maximum absolute atomic E-state index is 13.2. The summed E-state index contributed by atoms with van der Waals surface area (Å²) < 4.78 is 0. The van der Waals surface area contributed by atoms with Crippen LogP contribution < -0.4 is 10.6 Å². The van der Waals surface area contributed by atoms with Crippen LogP contribution in [-0.2, 0) is 9.59 Å². The Morgan fingerprint density at radius 3 is 2.50 bits per heavy atom. The molecule has 4 amide bonds. The van der Waals surface area contributed by atoms with Crippen LogP contribution in [0.25, 0.3) is 0 Å². The molecule has 1 aliphatic carbocycles. The molecule has 2 N–H and O–H groups in total. The number of hydrogen-bond acceptors (Lipinski definition) is 4. The van der Waals surface area contributed by atoms with Gasteiger partial charge in [0, 0.05) is 13.1 Å². The molecule has 2 heterocycles. The lowest BCUT2D eigenvalue weighted by Crippen LogP contribution is -2.54. The SMILES string of the molecule is CCNCC1CCN(C(=O)CN2C(=O)NC3(CC(C)CC(C)(C)C3)C2=O)CC1. The van der Waals surface area contributed by atoms with E-state index in [2.05, 4.69) is 38.3 Å². The van der Waals surface area contributed by atoms with Crippen LogP contribution in [0.2, 0.25) is 0 Å². The number of piperidine rings is 1. The highest BCUT2D eigenvalue weighted by Crippen LogP contribution is 2.46. The molecule has 7 heteroatoms. The normalized spacial score (nSPS) is 30.8. The standard InChI is InChI=1S/C21H36N4O3/c1-5-22-12-16-6-8-24(9-7-16)17(26)13-25-18(27)21(23-19(25)28)11-15(2)10-20(3,4)14-21/h15-16,22H,5-14H2,1-4H3,(H,23,28). The minimum Gasteiger partial charge on any atom is -0.341 e. The topological polar surface area (TPSA) is 81.8 Å². The van der Waals surface area contributed by atoms with Gasteiger partial charge >= 0.3 is 6.03 Å². The smallest absolute Gasteiger partial charge is 0.325 e. The van der Waals surface area contributed by atoms with E-state index >= 15 is 0 Å². The van der Waals surface area contributed by atoms with E-state index in [1.165, 1.54) is 0 Å². The first-order chi connectivity index (χ1) is 13.2. The van der Waals surface area contributed by atoms with Crippen molar-refractivity contribution in [1.82, 2.24) is 20.4 Å². The van der Waals surface area contributed by atoms with Gasteiger partial charge in [-0.3, -0.25) is 14.5 Å². The lowest BCUT2D eigenvalue weighted by atomic mass is 9.64. The van der Waals surface area contributed by atoms with Gasteiger partial charge in [-0.15, -0.1) is 0 Å². The molecule has 2 saturated heterocycles. The molecule has 7 nitrogen and oxygen atoms in total. The highest BCUT2D eigenvalue weighted by atomic mass is 16.2. The molecular formula is C21H36N4O3. The van der Waals surface area contributed by atoms with Crippen LogP contribution in [0.3, 0.4) is 0 Å². The highest BCUT2D eigenvalue weighted by molar-refractivity contribution is 6.09. The molecule has 1 saturated carbocycles. The third-order valence-corrected chi connectivity index (χ3v) is 6.57. The number of hydrogen-bond donors (Lipinski definition) is 2. The van der Waals surface area contributed by atoms with E-state index in [0.29, 0.717) is 37.8 Å². The van der Waals surface area contributed by atoms with Crippen molar-refractivity contribution in [3.05, 3.63) is 0 Å². The van der Waals surface area contributed by atoms with E-state index in [9.17, 15) is 14.4 Å². The average Bonchev–Trinajstić information content (AvgIpc) is 2.82. The van der Waals surface area contributed by atoms with Gasteiger partial charge in [-0.2, -0.15) is 0 Å². The van der Waals surface area contributed by atoms with Gasteiger partial charge in [0.15, 0.2) is 0 Å². The molecule has 0 radical (unpaired) electrons. The van der Waals surface area contributed by atoms with E-state index in [-0.39, 0.29) is 23.8 Å². The molecule has 0 bridgehead atoms. The number of amides is 4. The summed E-state index contributed by atoms with van der Waals surface area (Å²) in [5.74, 6) is 0.618. The monoisotopic (exact) mass is 392 g/mol. The fraction of sp³-hybridized carbons (Fsp3) is 0.857. The van der Waals surface area contributed by atoms with Crippen molar-refractivity contribution in [1.29, 1.82) is 0 Å². The zero-order chi connectivity index (χ0) is 20.5. The summed E-state index contributed by atoms with van der Waals surface area (Å²) in [7, 11) is 0. The van der Waals surface area contributed by atoms with Crippen molar-refractivity contribution >= 4 is 17.8 Å². The fourth-order valence-electron chi connectivity index (χ4n) is 5.62. The van der Waals surface area contributed by atoms with Gasteiger partial charge < -0.3 is 15.5 Å². The molecule has 0 aromatic carbocycles. The Hall–Kier alpha value is -1.63. The quantitative estimate of drug-likeness (QED) is 0.701. The second kappa shape index (κ2) is 8.01. The van der Waals surface area contributed by atoms with Crippen molar-refractivity contribution < 1.29 is 14.4 Å². The number of imide groups is 1. The molecule has 3 aliphatic rings. The van der Waals surface area contributed by atoms with Crippen LogP contribution in [-0.4, -0.2) is 65.9 Å². The van der Waals surface area contributed by atoms with E-state index < -0.39 is 11.6 Å². The van der Waals surface area contributed by atoms with Gasteiger partial charge in [0.25, 0.3) is 5.91 Å². The highest BCUT2D eigenvalue weighted by Gasteiger charge is 2.56. The third-order valence-electron chi connectivity index (χ3n) is 6.57. The summed E-state index contributed by atoms with van der Waals surface area (Å²) in [6, 6.07) is -0.412. The maximum Gasteiger partial charge on any atom is 0.325 e. The Morgan fingerprint density at radius 2 is 1.89 bits per heavy atom. The number of likely N-dealkylation sites (tertiary alicyclic amines) is 1. The molecule has 3 rings (SSSR count). The Kier molecular flexibility index (Phi) is 6.03. The molecule has 0 aromatic heterocycles. The van der Waals surface area contributed by atoms with Crippen LogP contribution in [0.1, 0.15) is 59.8 Å². The molecule has 2 unspecified atom stereocenters. The molecule has 3 fully saturated rings. The summed E-state index contributed by atoms with van der Waals surface area (Å²) in [4.78, 5) is 41.5. The van der Waals surface area contributed by atoms with E-state index in [1.807, 2.05) is 0 Å². The number of carbonyl (C=O) groups excluding carboxylic acids is 3. The first-order valence-corrected chi connectivity index (χ1v) is 10.8. The van der Waals surface area contributed by atoms with Gasteiger partial charge in [-0.05, 0) is 62.4 Å². The van der Waals surface area contributed by atoms with E-state index in [4.69, 9.17) is 0 Å². The van der Waals surface area contributed by atoms with Crippen molar-refractivity contribution in [2.24, 2.45) is 17.3 Å². The summed E-state index contributed by atoms with van der Waals surface area (Å²) in [6.07, 6.45) is 4.26. The predicted molar refractivity (Wildman–Crippen MR) is 108 cm³/mol. The first-order valence-electron chi connectivity index (χ1n) is 10.8. The predicted octanol–water partition coefficient (Wildman–Crippen LogP) is 1.97. The maximum atomic E-state index is 13.2. The molecule has 28 heavy (non-hydrogen) atoms. The fourth-order valence-corrected chi connectivity index (χ4v) is 5.62. The van der Waals surface area contributed by atoms with Gasteiger partial charge in [0.1, 0.15) is 12.1 Å². The van der Waals surface area contributed by atoms with E-state index in [1.54, 1.807) is 4.90 Å². The molecular weight excluding hydrogens is 356 g/mol. The van der Waals surface area contributed by atoms with Crippen molar-refractivity contribution in [2.45, 2.75) is 65.3 Å². The van der Waals surface area contributed by atoms with Crippen LogP contribution in [0.4, 0.5) is 4.79 Å². The lowest BCUT2D eigenvalue weighted by Gasteiger charge is -2.43. The molecule has 2 aliphatic heterocycles. The number of rotatable bonds is 5. The second-order valence-electron chi connectivity index (χ2n) is 9.89. The Morgan fingerprint density at radius 1 is 1.21 bits per heavy atom. The van der Waals surface area contributed by atoms with Gasteiger partial charge in [0.2, 0.25) is 5.91 Å². The largest absolute Gasteiger partial charge is 0.341 e. The Balaban J connectivity index is 1.60. The van der Waals surface area contributed by atoms with Crippen LogP contribution in [0, 0.1) is 17.3 Å². The van der Waals surface area contributed by atoms with E-state index in [0.717, 1.165) is 37.3 Å². The van der Waals surface area contributed by atoms with Gasteiger partial charge in [0.05, 0.1) is 0 Å². The molecule has 2 atom stereocenters. The zero-order valence-corrected chi connectivity index (χ0v) is 17.8. The summed E-state index contributed by atoms with van der Waals surface area (Å²) in [6.45, 7) is 11.7. The number of urea groups is 1. The molecule has 0 aromatic rings. The van der Waals surface area contributed by atoms with Crippen LogP contribution in [0.5, 0.6) is 0 Å². The zero-order valence-electron chi connectivity index (χ0n) is 17.8. The average molecular weight is 393 g/mol. The summed E-state index contributed by atoms with van der Waals surface area (Å²) >= 11 is 0. The Labute approximate surface area is 168 Å². The van der Waals surface area contributed by atoms with Crippen molar-refractivity contribution in [3.8, 4) is 0 Å². The lowest BCUT2D eigenvalue weighted by molar-refractivity contribution is -0.141. The van der Waals surface area contributed by atoms with Crippen molar-refractivity contribution in [3.63, 3.8) is 0 Å². The van der Waals surface area contributed by atoms with Gasteiger partial charge in [-0.1, -0.05) is 27.7 Å². The van der Waals surface area contributed by atoms with Crippen molar-refractivity contribution in [2.75, 3.05) is 32.7 Å². The number of nitrogens with zero attached hydrogens (tertiary/aromatic N) is 2. The van der Waals surface area contributed by atoms with Crippen LogP contribution >= 0.6 is 0 Å².